The van der Waals surface area contributed by atoms with Crippen molar-refractivity contribution in [1.82, 2.24) is 10.1 Å². The highest BCUT2D eigenvalue weighted by molar-refractivity contribution is 5.97. The number of aromatic nitrogens is 1. The van der Waals surface area contributed by atoms with Gasteiger partial charge in [0.2, 0.25) is 11.5 Å². The smallest absolute Gasteiger partial charge is 0.230 e. The van der Waals surface area contributed by atoms with E-state index < -0.39 is 6.10 Å². The predicted octanol–water partition coefficient (Wildman–Crippen LogP) is 3.06. The number of ether oxygens (including phenoxy) is 1. The van der Waals surface area contributed by atoms with Gasteiger partial charge >= 0.3 is 0 Å². The fourth-order valence-corrected chi connectivity index (χ4v) is 2.76. The molecule has 0 N–H and O–H groups in total. The SMILES string of the molecule is COC(CN1CCCC1)C(=O)c1cc(-c2ccccc2)no1.Cl. The summed E-state index contributed by atoms with van der Waals surface area (Å²) in [4.78, 5) is 14.8. The molecule has 1 unspecified atom stereocenters. The molecule has 1 aliphatic rings. The van der Waals surface area contributed by atoms with Crippen molar-refractivity contribution in [3.8, 4) is 11.3 Å². The zero-order chi connectivity index (χ0) is 15.4. The van der Waals surface area contributed by atoms with E-state index in [2.05, 4.69) is 10.1 Å². The van der Waals surface area contributed by atoms with E-state index in [4.69, 9.17) is 9.26 Å². The van der Waals surface area contributed by atoms with E-state index in [-0.39, 0.29) is 24.0 Å². The molecular weight excluding hydrogens is 316 g/mol. The molecule has 0 bridgehead atoms. The van der Waals surface area contributed by atoms with E-state index in [0.29, 0.717) is 12.2 Å². The van der Waals surface area contributed by atoms with Crippen LogP contribution < -0.4 is 0 Å². The van der Waals surface area contributed by atoms with Crippen molar-refractivity contribution in [3.05, 3.63) is 42.2 Å². The summed E-state index contributed by atoms with van der Waals surface area (Å²) >= 11 is 0. The van der Waals surface area contributed by atoms with Gasteiger partial charge in [0, 0.05) is 25.3 Å². The van der Waals surface area contributed by atoms with Crippen LogP contribution in [0.15, 0.2) is 40.9 Å². The molecule has 1 aromatic heterocycles. The highest BCUT2D eigenvalue weighted by Gasteiger charge is 2.27. The summed E-state index contributed by atoms with van der Waals surface area (Å²) in [6.07, 6.45) is 1.87. The molecule has 0 spiro atoms. The van der Waals surface area contributed by atoms with Crippen LogP contribution in [0, 0.1) is 0 Å². The number of methoxy groups -OCH3 is 1. The maximum absolute atomic E-state index is 12.5. The van der Waals surface area contributed by atoms with Crippen molar-refractivity contribution in [2.45, 2.75) is 18.9 Å². The van der Waals surface area contributed by atoms with Gasteiger partial charge < -0.3 is 14.2 Å². The van der Waals surface area contributed by atoms with Crippen LogP contribution in [-0.4, -0.2) is 48.7 Å². The average Bonchev–Trinajstić information content (AvgIpc) is 3.24. The van der Waals surface area contributed by atoms with Crippen LogP contribution in [0.4, 0.5) is 0 Å². The number of halogens is 1. The number of likely N-dealkylation sites (tertiary alicyclic amines) is 1. The first-order chi connectivity index (χ1) is 10.8. The Hall–Kier alpha value is -1.69. The maximum atomic E-state index is 12.5. The van der Waals surface area contributed by atoms with Gasteiger partial charge in [0.25, 0.3) is 0 Å². The van der Waals surface area contributed by atoms with Crippen LogP contribution in [0.2, 0.25) is 0 Å². The molecule has 1 saturated heterocycles. The van der Waals surface area contributed by atoms with E-state index in [1.54, 1.807) is 13.2 Å². The monoisotopic (exact) mass is 336 g/mol. The van der Waals surface area contributed by atoms with Gasteiger partial charge in [-0.05, 0) is 25.9 Å². The molecule has 5 nitrogen and oxygen atoms in total. The summed E-state index contributed by atoms with van der Waals surface area (Å²) in [5.74, 6) is 0.106. The average molecular weight is 337 g/mol. The van der Waals surface area contributed by atoms with Gasteiger partial charge in [0.05, 0.1) is 0 Å². The number of Topliss-reactive ketones (excluding diaryl/α,β-unsaturated/α-hetero) is 1. The zero-order valence-corrected chi connectivity index (χ0v) is 13.9. The molecule has 2 heterocycles. The second-order valence-electron chi connectivity index (χ2n) is 5.54. The number of carbonyl (C=O) groups is 1. The lowest BCUT2D eigenvalue weighted by Gasteiger charge is -2.20. The highest BCUT2D eigenvalue weighted by atomic mass is 35.5. The van der Waals surface area contributed by atoms with Crippen molar-refractivity contribution in [2.24, 2.45) is 0 Å². The second-order valence-corrected chi connectivity index (χ2v) is 5.54. The van der Waals surface area contributed by atoms with Crippen LogP contribution in [0.3, 0.4) is 0 Å². The van der Waals surface area contributed by atoms with E-state index in [1.165, 1.54) is 12.8 Å². The Bertz CT molecular complexity index is 624. The van der Waals surface area contributed by atoms with Crippen molar-refractivity contribution in [1.29, 1.82) is 0 Å². The molecule has 0 radical (unpaired) electrons. The Labute approximate surface area is 142 Å². The minimum Gasteiger partial charge on any atom is -0.372 e. The largest absolute Gasteiger partial charge is 0.372 e. The molecule has 1 aliphatic heterocycles. The van der Waals surface area contributed by atoms with Crippen molar-refractivity contribution in [2.75, 3.05) is 26.7 Å². The van der Waals surface area contributed by atoms with Crippen LogP contribution in [0.5, 0.6) is 0 Å². The van der Waals surface area contributed by atoms with Gasteiger partial charge in [-0.2, -0.15) is 0 Å². The first-order valence-electron chi connectivity index (χ1n) is 7.59. The third-order valence-corrected chi connectivity index (χ3v) is 4.02. The summed E-state index contributed by atoms with van der Waals surface area (Å²) in [5.41, 5.74) is 1.60. The highest BCUT2D eigenvalue weighted by Crippen LogP contribution is 2.20. The molecule has 6 heteroatoms. The van der Waals surface area contributed by atoms with Crippen molar-refractivity contribution in [3.63, 3.8) is 0 Å². The fourth-order valence-electron chi connectivity index (χ4n) is 2.76. The Morgan fingerprint density at radius 3 is 2.65 bits per heavy atom. The lowest BCUT2D eigenvalue weighted by molar-refractivity contribution is 0.0463. The van der Waals surface area contributed by atoms with Crippen LogP contribution in [0.25, 0.3) is 11.3 Å². The normalized spacial score (nSPS) is 16.0. The molecule has 1 fully saturated rings. The Morgan fingerprint density at radius 1 is 1.30 bits per heavy atom. The van der Waals surface area contributed by atoms with Gasteiger partial charge in [-0.1, -0.05) is 35.5 Å². The van der Waals surface area contributed by atoms with Crippen molar-refractivity contribution >= 4 is 18.2 Å². The van der Waals surface area contributed by atoms with Crippen LogP contribution in [-0.2, 0) is 4.74 Å². The number of benzene rings is 1. The molecule has 1 atom stereocenters. The predicted molar refractivity (Wildman–Crippen MR) is 90.0 cm³/mol. The van der Waals surface area contributed by atoms with Gasteiger partial charge in [-0.15, -0.1) is 12.4 Å². The minimum atomic E-state index is -0.505. The standard InChI is InChI=1S/C17H20N2O3.ClH/c1-21-16(12-19-9-5-6-10-19)17(20)15-11-14(18-22-15)13-7-3-2-4-8-13;/h2-4,7-8,11,16H,5-6,9-10,12H2,1H3;1H. The molecule has 1 aromatic carbocycles. The molecule has 3 rings (SSSR count). The first-order valence-corrected chi connectivity index (χ1v) is 7.59. The number of ketones is 1. The lowest BCUT2D eigenvalue weighted by atomic mass is 10.1. The Kier molecular flexibility index (Phi) is 6.33. The topological polar surface area (TPSA) is 55.6 Å². The van der Waals surface area contributed by atoms with E-state index >= 15 is 0 Å². The molecule has 124 valence electrons. The van der Waals surface area contributed by atoms with Gasteiger partial charge in [-0.25, -0.2) is 0 Å². The number of rotatable bonds is 6. The third kappa shape index (κ3) is 4.19. The molecule has 0 saturated carbocycles. The van der Waals surface area contributed by atoms with E-state index in [1.807, 2.05) is 30.3 Å². The fraction of sp³-hybridized carbons (Fsp3) is 0.412. The molecule has 0 aliphatic carbocycles. The quantitative estimate of drug-likeness (QED) is 0.759. The summed E-state index contributed by atoms with van der Waals surface area (Å²) in [6.45, 7) is 2.66. The van der Waals surface area contributed by atoms with Gasteiger partial charge in [-0.3, -0.25) is 4.79 Å². The summed E-state index contributed by atoms with van der Waals surface area (Å²) < 4.78 is 10.6. The van der Waals surface area contributed by atoms with Crippen molar-refractivity contribution < 1.29 is 14.1 Å². The van der Waals surface area contributed by atoms with E-state index in [9.17, 15) is 4.79 Å². The maximum Gasteiger partial charge on any atom is 0.230 e. The van der Waals surface area contributed by atoms with Gasteiger partial charge in [0.1, 0.15) is 11.8 Å². The lowest BCUT2D eigenvalue weighted by Crippen LogP contribution is -2.36. The minimum absolute atomic E-state index is 0. The Morgan fingerprint density at radius 2 is 2.00 bits per heavy atom. The number of hydrogen-bond acceptors (Lipinski definition) is 5. The molecular formula is C17H21ClN2O3. The second kappa shape index (κ2) is 8.24. The first kappa shape index (κ1) is 17.7. The number of carbonyl (C=O) groups excluding carboxylic acids is 1. The molecule has 23 heavy (non-hydrogen) atoms. The van der Waals surface area contributed by atoms with Crippen LogP contribution in [0.1, 0.15) is 23.4 Å². The number of nitrogens with zero attached hydrogens (tertiary/aromatic N) is 2. The van der Waals surface area contributed by atoms with Gasteiger partial charge in [0.15, 0.2) is 0 Å². The molecule has 2 aromatic rings. The summed E-state index contributed by atoms with van der Waals surface area (Å²) in [6, 6.07) is 11.3. The Balaban J connectivity index is 0.00000192. The van der Waals surface area contributed by atoms with Crippen LogP contribution >= 0.6 is 12.4 Å². The molecule has 0 amide bonds. The number of hydrogen-bond donors (Lipinski definition) is 0. The zero-order valence-electron chi connectivity index (χ0n) is 13.1. The third-order valence-electron chi connectivity index (χ3n) is 4.02. The summed E-state index contributed by atoms with van der Waals surface area (Å²) in [7, 11) is 1.56. The summed E-state index contributed by atoms with van der Waals surface area (Å²) in [5, 5.41) is 3.99. The van der Waals surface area contributed by atoms with E-state index in [0.717, 1.165) is 18.7 Å².